The number of carbonyl (C=O) groups is 1. The number of halogens is 1. The van der Waals surface area contributed by atoms with Crippen LogP contribution in [0, 0.1) is 5.92 Å². The zero-order valence-electron chi connectivity index (χ0n) is 21.2. The van der Waals surface area contributed by atoms with Crippen molar-refractivity contribution >= 4 is 39.8 Å². The summed E-state index contributed by atoms with van der Waals surface area (Å²) in [5.41, 5.74) is 3.13. The Morgan fingerprint density at radius 1 is 1.03 bits per heavy atom. The molecule has 0 bridgehead atoms. The maximum Gasteiger partial charge on any atom is 0.174 e. The lowest BCUT2D eigenvalue weighted by atomic mass is 9.92. The number of azo groups is 1. The number of carbonyl (C=O) groups excluding carboxylic acids is 1. The van der Waals surface area contributed by atoms with Gasteiger partial charge in [0.05, 0.1) is 5.39 Å². The highest BCUT2D eigenvalue weighted by Gasteiger charge is 2.15. The van der Waals surface area contributed by atoms with E-state index in [1.807, 2.05) is 30.3 Å². The molecule has 0 fully saturated rings. The van der Waals surface area contributed by atoms with E-state index >= 15 is 0 Å². The molecule has 4 aromatic rings. The summed E-state index contributed by atoms with van der Waals surface area (Å²) in [5.74, 6) is 1.15. The van der Waals surface area contributed by atoms with E-state index < -0.39 is 0 Å². The number of fused-ring (bicyclic) bond motifs is 1. The first kappa shape index (κ1) is 26.4. The summed E-state index contributed by atoms with van der Waals surface area (Å²) in [4.78, 5) is 21.4. The van der Waals surface area contributed by atoms with Crippen LogP contribution in [0.2, 0.25) is 5.15 Å². The SMILES string of the molecule is CCCCC(CC)CCC(=O)c1ccc(N=Nc2ccc(O)c3c(-c4ccccc4)cc(Cl)nc23)nc1. The molecule has 7 heteroatoms. The van der Waals surface area contributed by atoms with Crippen molar-refractivity contribution in [1.29, 1.82) is 0 Å². The number of aromatic nitrogens is 2. The highest BCUT2D eigenvalue weighted by molar-refractivity contribution is 6.30. The second-order valence-electron chi connectivity index (χ2n) is 9.17. The first-order valence-corrected chi connectivity index (χ1v) is 13.2. The molecule has 2 aromatic carbocycles. The molecule has 0 aliphatic carbocycles. The summed E-state index contributed by atoms with van der Waals surface area (Å²) < 4.78 is 0. The second-order valence-corrected chi connectivity index (χ2v) is 9.56. The van der Waals surface area contributed by atoms with Crippen molar-refractivity contribution in [3.8, 4) is 16.9 Å². The highest BCUT2D eigenvalue weighted by Crippen LogP contribution is 2.40. The number of pyridine rings is 2. The fourth-order valence-corrected chi connectivity index (χ4v) is 4.64. The van der Waals surface area contributed by atoms with Crippen LogP contribution in [-0.4, -0.2) is 20.9 Å². The van der Waals surface area contributed by atoms with Gasteiger partial charge >= 0.3 is 0 Å². The van der Waals surface area contributed by atoms with Crippen LogP contribution >= 0.6 is 11.6 Å². The molecule has 6 nitrogen and oxygen atoms in total. The van der Waals surface area contributed by atoms with Gasteiger partial charge in [-0.1, -0.05) is 81.5 Å². The predicted octanol–water partition coefficient (Wildman–Crippen LogP) is 9.25. The van der Waals surface area contributed by atoms with E-state index in [2.05, 4.69) is 34.0 Å². The van der Waals surface area contributed by atoms with E-state index in [1.165, 1.54) is 19.3 Å². The molecule has 1 N–H and O–H groups in total. The van der Waals surface area contributed by atoms with Crippen molar-refractivity contribution in [3.63, 3.8) is 0 Å². The number of unbranched alkanes of at least 4 members (excludes halogenated alkanes) is 1. The minimum absolute atomic E-state index is 0.0815. The molecular formula is C30H31ClN4O2. The quantitative estimate of drug-likeness (QED) is 0.123. The number of rotatable bonds is 11. The molecule has 0 saturated carbocycles. The number of aromatic hydroxyl groups is 1. The van der Waals surface area contributed by atoms with Crippen molar-refractivity contribution in [1.82, 2.24) is 9.97 Å². The van der Waals surface area contributed by atoms with Crippen molar-refractivity contribution < 1.29 is 9.90 Å². The molecule has 0 saturated heterocycles. The number of hydrogen-bond acceptors (Lipinski definition) is 6. The van der Waals surface area contributed by atoms with E-state index in [4.69, 9.17) is 11.6 Å². The van der Waals surface area contributed by atoms with Crippen LogP contribution in [-0.2, 0) is 0 Å². The van der Waals surface area contributed by atoms with Gasteiger partial charge in [0.25, 0.3) is 0 Å². The zero-order valence-corrected chi connectivity index (χ0v) is 21.9. The Bertz CT molecular complexity index is 1390. The van der Waals surface area contributed by atoms with Gasteiger partial charge in [-0.05, 0) is 53.8 Å². The standard InChI is InChI=1S/C30H31ClN4O2/c1-3-5-9-20(4-2)12-15-25(36)22-13-17-28(32-19-22)35-34-24-14-16-26(37)29-23(18-27(31)33-30(24)29)21-10-7-6-8-11-21/h6-8,10-11,13-14,16-20,37H,3-5,9,12,15H2,1-2H3. The Kier molecular flexibility index (Phi) is 8.96. The molecule has 2 aromatic heterocycles. The van der Waals surface area contributed by atoms with E-state index in [0.717, 1.165) is 24.0 Å². The Hall–Kier alpha value is -3.64. The molecule has 1 atom stereocenters. The summed E-state index contributed by atoms with van der Waals surface area (Å²) in [6.07, 6.45) is 7.66. The van der Waals surface area contributed by atoms with Gasteiger partial charge in [-0.25, -0.2) is 9.97 Å². The molecule has 1 unspecified atom stereocenters. The molecule has 2 heterocycles. The smallest absolute Gasteiger partial charge is 0.174 e. The maximum absolute atomic E-state index is 12.7. The summed E-state index contributed by atoms with van der Waals surface area (Å²) >= 11 is 6.33. The lowest BCUT2D eigenvalue weighted by molar-refractivity contribution is 0.0972. The van der Waals surface area contributed by atoms with Gasteiger partial charge in [-0.15, -0.1) is 10.2 Å². The van der Waals surface area contributed by atoms with E-state index in [9.17, 15) is 9.90 Å². The monoisotopic (exact) mass is 514 g/mol. The van der Waals surface area contributed by atoms with Gasteiger partial charge in [0, 0.05) is 18.2 Å². The molecule has 0 radical (unpaired) electrons. The van der Waals surface area contributed by atoms with Gasteiger partial charge in [-0.3, -0.25) is 4.79 Å². The zero-order chi connectivity index (χ0) is 26.2. The van der Waals surface area contributed by atoms with Crippen LogP contribution < -0.4 is 0 Å². The van der Waals surface area contributed by atoms with Crippen LogP contribution in [0.4, 0.5) is 11.5 Å². The van der Waals surface area contributed by atoms with Gasteiger partial charge in [0.2, 0.25) is 0 Å². The van der Waals surface area contributed by atoms with Crippen molar-refractivity contribution in [2.45, 2.75) is 52.4 Å². The second kappa shape index (κ2) is 12.5. The third kappa shape index (κ3) is 6.57. The van der Waals surface area contributed by atoms with Crippen LogP contribution in [0.1, 0.15) is 62.7 Å². The Morgan fingerprint density at radius 2 is 1.84 bits per heavy atom. The van der Waals surface area contributed by atoms with Gasteiger partial charge in [-0.2, -0.15) is 0 Å². The molecule has 0 aliphatic heterocycles. The number of benzene rings is 2. The van der Waals surface area contributed by atoms with Gasteiger partial charge < -0.3 is 5.11 Å². The van der Waals surface area contributed by atoms with E-state index in [0.29, 0.717) is 40.3 Å². The molecule has 0 aliphatic rings. The molecular weight excluding hydrogens is 484 g/mol. The van der Waals surface area contributed by atoms with Crippen molar-refractivity contribution in [2.24, 2.45) is 16.1 Å². The van der Waals surface area contributed by atoms with E-state index in [1.54, 1.807) is 36.5 Å². The minimum Gasteiger partial charge on any atom is -0.507 e. The first-order valence-electron chi connectivity index (χ1n) is 12.8. The van der Waals surface area contributed by atoms with Crippen LogP contribution in [0.15, 0.2) is 77.1 Å². The lowest BCUT2D eigenvalue weighted by Gasteiger charge is -2.13. The van der Waals surface area contributed by atoms with Crippen molar-refractivity contribution in [3.05, 3.63) is 77.6 Å². The molecule has 0 amide bonds. The molecule has 4 rings (SSSR count). The number of nitrogens with zero attached hydrogens (tertiary/aromatic N) is 4. The number of phenolic OH excluding ortho intramolecular Hbond substituents is 1. The molecule has 0 spiro atoms. The van der Waals surface area contributed by atoms with Crippen LogP contribution in [0.5, 0.6) is 5.75 Å². The fourth-order valence-electron chi connectivity index (χ4n) is 4.44. The summed E-state index contributed by atoms with van der Waals surface area (Å²) in [5, 5.41) is 20.1. The number of Topliss-reactive ketones (excluding diaryl/α,β-unsaturated/α-hetero) is 1. The van der Waals surface area contributed by atoms with Crippen LogP contribution in [0.3, 0.4) is 0 Å². The average molecular weight is 515 g/mol. The van der Waals surface area contributed by atoms with Gasteiger partial charge in [0.15, 0.2) is 11.6 Å². The average Bonchev–Trinajstić information content (AvgIpc) is 2.93. The van der Waals surface area contributed by atoms with E-state index in [-0.39, 0.29) is 16.7 Å². The Balaban J connectivity index is 1.54. The van der Waals surface area contributed by atoms with Crippen LogP contribution in [0.25, 0.3) is 22.0 Å². The summed E-state index contributed by atoms with van der Waals surface area (Å²) in [7, 11) is 0. The predicted molar refractivity (Wildman–Crippen MR) is 149 cm³/mol. The Morgan fingerprint density at radius 3 is 2.54 bits per heavy atom. The molecule has 37 heavy (non-hydrogen) atoms. The van der Waals surface area contributed by atoms with Gasteiger partial charge in [0.1, 0.15) is 22.1 Å². The summed E-state index contributed by atoms with van der Waals surface area (Å²) in [6.45, 7) is 4.38. The minimum atomic E-state index is 0.0815. The topological polar surface area (TPSA) is 87.8 Å². The molecule has 190 valence electrons. The number of hydrogen-bond donors (Lipinski definition) is 1. The normalized spacial score (nSPS) is 12.3. The number of phenols is 1. The fraction of sp³-hybridized carbons (Fsp3) is 0.300. The maximum atomic E-state index is 12.7. The summed E-state index contributed by atoms with van der Waals surface area (Å²) in [6, 6.07) is 18.0. The largest absolute Gasteiger partial charge is 0.507 e. The third-order valence-electron chi connectivity index (χ3n) is 6.62. The first-order chi connectivity index (χ1) is 18.0. The highest BCUT2D eigenvalue weighted by atomic mass is 35.5. The number of ketones is 1. The third-order valence-corrected chi connectivity index (χ3v) is 6.82. The van der Waals surface area contributed by atoms with Crippen molar-refractivity contribution in [2.75, 3.05) is 0 Å². The lowest BCUT2D eigenvalue weighted by Crippen LogP contribution is -2.05. The Labute approximate surface area is 222 Å².